The molecule has 2 rings (SSSR count). The Morgan fingerprint density at radius 2 is 2.59 bits per heavy atom. The van der Waals surface area contributed by atoms with Crippen LogP contribution in [0.25, 0.3) is 0 Å². The molecule has 1 atom stereocenters. The highest BCUT2D eigenvalue weighted by molar-refractivity contribution is 5.66. The molecule has 1 aliphatic heterocycles. The Balaban J connectivity index is 1.95. The first-order valence-corrected chi connectivity index (χ1v) is 5.19. The number of nitriles is 1. The van der Waals surface area contributed by atoms with Crippen LogP contribution in [0.3, 0.4) is 0 Å². The zero-order valence-electron chi connectivity index (χ0n) is 9.04. The number of likely N-dealkylation sites (tertiary alicyclic amines) is 1. The molecule has 6 heteroatoms. The summed E-state index contributed by atoms with van der Waals surface area (Å²) in [5.74, 6) is 0.396. The number of aromatic nitrogens is 1. The number of hydrogen-bond acceptors (Lipinski definition) is 4. The maximum atomic E-state index is 10.7. The van der Waals surface area contributed by atoms with Crippen LogP contribution in [-0.4, -0.2) is 40.3 Å². The summed E-state index contributed by atoms with van der Waals surface area (Å²) in [6, 6.07) is 3.43. The van der Waals surface area contributed by atoms with Gasteiger partial charge in [0.25, 0.3) is 0 Å². The van der Waals surface area contributed by atoms with Gasteiger partial charge in [-0.3, -0.25) is 4.98 Å². The Hall–Kier alpha value is -2.29. The van der Waals surface area contributed by atoms with Gasteiger partial charge in [-0.1, -0.05) is 0 Å². The number of carboxylic acid groups (broad SMARTS) is 1. The normalized spacial score (nSPS) is 18.1. The van der Waals surface area contributed by atoms with Crippen molar-refractivity contribution in [1.29, 1.82) is 5.26 Å². The summed E-state index contributed by atoms with van der Waals surface area (Å²) in [5.41, 5.74) is 0.404. The summed E-state index contributed by atoms with van der Waals surface area (Å²) in [7, 11) is 0. The molecule has 6 nitrogen and oxygen atoms in total. The lowest BCUT2D eigenvalue weighted by molar-refractivity contribution is 0.0498. The van der Waals surface area contributed by atoms with Crippen molar-refractivity contribution in [3.8, 4) is 11.8 Å². The van der Waals surface area contributed by atoms with Gasteiger partial charge < -0.3 is 14.7 Å². The number of carbonyl (C=O) groups is 1. The number of nitrogens with zero attached hydrogens (tertiary/aromatic N) is 3. The first-order chi connectivity index (χ1) is 8.22. The van der Waals surface area contributed by atoms with Crippen molar-refractivity contribution in [3.63, 3.8) is 0 Å². The van der Waals surface area contributed by atoms with Crippen LogP contribution < -0.4 is 4.74 Å². The van der Waals surface area contributed by atoms with E-state index >= 15 is 0 Å². The van der Waals surface area contributed by atoms with Crippen molar-refractivity contribution in [2.45, 2.75) is 12.5 Å². The average molecular weight is 233 g/mol. The molecule has 0 unspecified atom stereocenters. The van der Waals surface area contributed by atoms with E-state index in [0.717, 1.165) is 6.42 Å². The Morgan fingerprint density at radius 1 is 1.76 bits per heavy atom. The van der Waals surface area contributed by atoms with Gasteiger partial charge in [-0.05, 0) is 12.5 Å². The fourth-order valence-corrected chi connectivity index (χ4v) is 1.64. The molecular formula is C11H11N3O3. The van der Waals surface area contributed by atoms with Crippen molar-refractivity contribution in [2.24, 2.45) is 0 Å². The molecule has 0 spiro atoms. The third-order valence-corrected chi connectivity index (χ3v) is 2.73. The van der Waals surface area contributed by atoms with Crippen LogP contribution in [0, 0.1) is 11.3 Å². The van der Waals surface area contributed by atoms with E-state index in [1.807, 2.05) is 6.07 Å². The molecule has 0 aliphatic carbocycles. The lowest BCUT2D eigenvalue weighted by atomic mass is 10.1. The molecule has 0 saturated carbocycles. The van der Waals surface area contributed by atoms with Crippen LogP contribution in [0.15, 0.2) is 18.5 Å². The van der Waals surface area contributed by atoms with Crippen LogP contribution in [0.2, 0.25) is 0 Å². The van der Waals surface area contributed by atoms with Gasteiger partial charge in [0.1, 0.15) is 12.7 Å². The minimum atomic E-state index is -0.934. The van der Waals surface area contributed by atoms with Gasteiger partial charge in [0, 0.05) is 12.7 Å². The molecule has 88 valence electrons. The number of pyridine rings is 1. The van der Waals surface area contributed by atoms with Gasteiger partial charge >= 0.3 is 6.09 Å². The highest BCUT2D eigenvalue weighted by Crippen LogP contribution is 2.20. The zero-order valence-corrected chi connectivity index (χ0v) is 9.04. The number of hydrogen-bond donors (Lipinski definition) is 1. The van der Waals surface area contributed by atoms with E-state index < -0.39 is 6.09 Å². The second-order valence-corrected chi connectivity index (χ2v) is 3.71. The highest BCUT2D eigenvalue weighted by atomic mass is 16.5. The van der Waals surface area contributed by atoms with Crippen LogP contribution in [0.4, 0.5) is 4.79 Å². The topological polar surface area (TPSA) is 86.5 Å². The lowest BCUT2D eigenvalue weighted by Gasteiger charge is -2.38. The first-order valence-electron chi connectivity index (χ1n) is 5.19. The summed E-state index contributed by atoms with van der Waals surface area (Å²) in [4.78, 5) is 15.9. The predicted octanol–water partition coefficient (Wildman–Crippen LogP) is 1.08. The SMILES string of the molecule is N#Cc1ccncc1OC[C@H]1CCN1C(=O)O. The van der Waals surface area contributed by atoms with Crippen molar-refractivity contribution < 1.29 is 14.6 Å². The van der Waals surface area contributed by atoms with Gasteiger partial charge in [0.05, 0.1) is 17.8 Å². The minimum Gasteiger partial charge on any atom is -0.488 e. The molecule has 1 aromatic heterocycles. The number of amides is 1. The second kappa shape index (κ2) is 4.70. The van der Waals surface area contributed by atoms with Gasteiger partial charge in [0.2, 0.25) is 0 Å². The number of rotatable bonds is 3. The Bertz CT molecular complexity index is 469. The third kappa shape index (κ3) is 2.28. The van der Waals surface area contributed by atoms with Crippen molar-refractivity contribution in [1.82, 2.24) is 9.88 Å². The summed E-state index contributed by atoms with van der Waals surface area (Å²) in [5, 5.41) is 17.6. The molecule has 1 aromatic rings. The molecule has 0 aromatic carbocycles. The Labute approximate surface area is 98.1 Å². The van der Waals surface area contributed by atoms with Crippen LogP contribution in [0.5, 0.6) is 5.75 Å². The molecule has 1 N–H and O–H groups in total. The average Bonchev–Trinajstić information content (AvgIpc) is 2.27. The smallest absolute Gasteiger partial charge is 0.407 e. The fraction of sp³-hybridized carbons (Fsp3) is 0.364. The minimum absolute atomic E-state index is 0.126. The van der Waals surface area contributed by atoms with E-state index in [1.165, 1.54) is 17.3 Å². The van der Waals surface area contributed by atoms with Crippen LogP contribution in [0.1, 0.15) is 12.0 Å². The fourth-order valence-electron chi connectivity index (χ4n) is 1.64. The molecule has 0 radical (unpaired) electrons. The lowest BCUT2D eigenvalue weighted by Crippen LogP contribution is -2.53. The molecule has 17 heavy (non-hydrogen) atoms. The van der Waals surface area contributed by atoms with Gasteiger partial charge in [-0.25, -0.2) is 4.79 Å². The van der Waals surface area contributed by atoms with Gasteiger partial charge in [0.15, 0.2) is 5.75 Å². The van der Waals surface area contributed by atoms with Crippen LogP contribution >= 0.6 is 0 Å². The van der Waals surface area contributed by atoms with Gasteiger partial charge in [-0.15, -0.1) is 0 Å². The molecule has 1 aliphatic rings. The first kappa shape index (κ1) is 11.2. The summed E-state index contributed by atoms with van der Waals surface area (Å²) in [6.07, 6.45) is 2.83. The monoisotopic (exact) mass is 233 g/mol. The maximum Gasteiger partial charge on any atom is 0.407 e. The number of ether oxygens (including phenoxy) is 1. The molecule has 1 saturated heterocycles. The molecule has 0 bridgehead atoms. The Morgan fingerprint density at radius 3 is 3.18 bits per heavy atom. The summed E-state index contributed by atoms with van der Waals surface area (Å²) in [6.45, 7) is 0.800. The predicted molar refractivity (Wildman–Crippen MR) is 57.6 cm³/mol. The summed E-state index contributed by atoms with van der Waals surface area (Å²) >= 11 is 0. The summed E-state index contributed by atoms with van der Waals surface area (Å²) < 4.78 is 5.42. The zero-order chi connectivity index (χ0) is 12.3. The maximum absolute atomic E-state index is 10.7. The Kier molecular flexibility index (Phi) is 3.10. The van der Waals surface area contributed by atoms with E-state index in [0.29, 0.717) is 17.9 Å². The van der Waals surface area contributed by atoms with E-state index in [9.17, 15) is 4.79 Å². The molecule has 1 amide bonds. The van der Waals surface area contributed by atoms with E-state index in [2.05, 4.69) is 4.98 Å². The van der Waals surface area contributed by atoms with E-state index in [4.69, 9.17) is 15.1 Å². The highest BCUT2D eigenvalue weighted by Gasteiger charge is 2.32. The molecule has 2 heterocycles. The molecule has 1 fully saturated rings. The standard InChI is InChI=1S/C11H11N3O3/c12-5-8-1-3-13-6-10(8)17-7-9-2-4-14(9)11(15)16/h1,3,6,9H,2,4,7H2,(H,15,16)/t9-/m1/s1. The van der Waals surface area contributed by atoms with Crippen molar-refractivity contribution >= 4 is 6.09 Å². The van der Waals surface area contributed by atoms with E-state index in [1.54, 1.807) is 6.07 Å². The quantitative estimate of drug-likeness (QED) is 0.844. The van der Waals surface area contributed by atoms with Crippen molar-refractivity contribution in [2.75, 3.05) is 13.2 Å². The molecular weight excluding hydrogens is 222 g/mol. The second-order valence-electron chi connectivity index (χ2n) is 3.71. The van der Waals surface area contributed by atoms with Crippen LogP contribution in [-0.2, 0) is 0 Å². The largest absolute Gasteiger partial charge is 0.488 e. The third-order valence-electron chi connectivity index (χ3n) is 2.73. The van der Waals surface area contributed by atoms with Crippen molar-refractivity contribution in [3.05, 3.63) is 24.0 Å². The van der Waals surface area contributed by atoms with Gasteiger partial charge in [-0.2, -0.15) is 5.26 Å². The van der Waals surface area contributed by atoms with E-state index in [-0.39, 0.29) is 12.6 Å².